The van der Waals surface area contributed by atoms with Crippen LogP contribution >= 0.6 is 0 Å². The number of aliphatic carboxylic acids is 1. The number of carbonyl (C=O) groups is 2. The number of aryl methyl sites for hydroxylation is 2. The number of carboxylic acid groups (broad SMARTS) is 1. The third-order valence-electron chi connectivity index (χ3n) is 3.51. The van der Waals surface area contributed by atoms with Crippen LogP contribution < -0.4 is 0 Å². The van der Waals surface area contributed by atoms with Crippen LogP contribution in [-0.2, 0) is 11.8 Å². The fraction of sp³-hybridized carbons (Fsp3) is 0.615. The van der Waals surface area contributed by atoms with Crippen LogP contribution in [0.1, 0.15) is 34.6 Å². The number of hydrogen-bond donors (Lipinski definition) is 1. The minimum Gasteiger partial charge on any atom is -0.480 e. The van der Waals surface area contributed by atoms with Crippen molar-refractivity contribution in [1.29, 1.82) is 0 Å². The van der Waals surface area contributed by atoms with Crippen molar-refractivity contribution in [1.82, 2.24) is 14.7 Å². The SMILES string of the molecule is Cc1nn(C)c(C)c1C(=O)N(CC(=O)O)CC1CC1. The van der Waals surface area contributed by atoms with Gasteiger partial charge in [-0.25, -0.2) is 0 Å². The normalized spacial score (nSPS) is 14.5. The zero-order chi connectivity index (χ0) is 14.2. The molecule has 1 aliphatic rings. The molecule has 0 bridgehead atoms. The van der Waals surface area contributed by atoms with E-state index >= 15 is 0 Å². The summed E-state index contributed by atoms with van der Waals surface area (Å²) in [5, 5.41) is 13.2. The van der Waals surface area contributed by atoms with E-state index in [2.05, 4.69) is 5.10 Å². The molecule has 6 nitrogen and oxygen atoms in total. The average molecular weight is 265 g/mol. The van der Waals surface area contributed by atoms with Gasteiger partial charge in [0.15, 0.2) is 0 Å². The van der Waals surface area contributed by atoms with Gasteiger partial charge < -0.3 is 10.0 Å². The van der Waals surface area contributed by atoms with Crippen molar-refractivity contribution in [3.05, 3.63) is 17.0 Å². The highest BCUT2D eigenvalue weighted by Crippen LogP contribution is 2.30. The highest BCUT2D eigenvalue weighted by atomic mass is 16.4. The van der Waals surface area contributed by atoms with Gasteiger partial charge in [-0.15, -0.1) is 0 Å². The van der Waals surface area contributed by atoms with Gasteiger partial charge in [-0.3, -0.25) is 14.3 Å². The summed E-state index contributed by atoms with van der Waals surface area (Å²) in [6.45, 7) is 3.88. The van der Waals surface area contributed by atoms with Crippen molar-refractivity contribution in [3.8, 4) is 0 Å². The standard InChI is InChI=1S/C13H19N3O3/c1-8-12(9(2)15(3)14-8)13(19)16(7-11(17)18)6-10-4-5-10/h10H,4-7H2,1-3H3,(H,17,18). The lowest BCUT2D eigenvalue weighted by molar-refractivity contribution is -0.137. The molecule has 0 unspecified atom stereocenters. The Balaban J connectivity index is 2.24. The number of carboxylic acids is 1. The number of amides is 1. The molecule has 1 aliphatic carbocycles. The van der Waals surface area contributed by atoms with Crippen LogP contribution in [0.3, 0.4) is 0 Å². The fourth-order valence-electron chi connectivity index (χ4n) is 2.24. The number of rotatable bonds is 5. The second-order valence-electron chi connectivity index (χ2n) is 5.19. The van der Waals surface area contributed by atoms with Crippen molar-refractivity contribution in [2.24, 2.45) is 13.0 Å². The maximum absolute atomic E-state index is 12.5. The molecule has 2 rings (SSSR count). The molecule has 6 heteroatoms. The van der Waals surface area contributed by atoms with Crippen molar-refractivity contribution >= 4 is 11.9 Å². The molecule has 1 fully saturated rings. The Hall–Kier alpha value is -1.85. The molecule has 0 atom stereocenters. The van der Waals surface area contributed by atoms with Gasteiger partial charge in [-0.1, -0.05) is 0 Å². The molecule has 0 saturated heterocycles. The first-order valence-corrected chi connectivity index (χ1v) is 6.41. The Morgan fingerprint density at radius 1 is 1.42 bits per heavy atom. The summed E-state index contributed by atoms with van der Waals surface area (Å²) in [7, 11) is 1.78. The summed E-state index contributed by atoms with van der Waals surface area (Å²) in [5.41, 5.74) is 1.95. The first-order chi connectivity index (χ1) is 8.90. The monoisotopic (exact) mass is 265 g/mol. The summed E-state index contributed by atoms with van der Waals surface area (Å²) in [6.07, 6.45) is 2.16. The molecule has 0 radical (unpaired) electrons. The maximum atomic E-state index is 12.5. The van der Waals surface area contributed by atoms with E-state index in [0.29, 0.717) is 23.7 Å². The first kappa shape index (κ1) is 13.6. The summed E-state index contributed by atoms with van der Waals surface area (Å²) in [4.78, 5) is 24.8. The van der Waals surface area contributed by atoms with E-state index < -0.39 is 5.97 Å². The van der Waals surface area contributed by atoms with Crippen molar-refractivity contribution < 1.29 is 14.7 Å². The van der Waals surface area contributed by atoms with Crippen LogP contribution in [0.4, 0.5) is 0 Å². The summed E-state index contributed by atoms with van der Waals surface area (Å²) < 4.78 is 1.65. The predicted octanol–water partition coefficient (Wildman–Crippen LogP) is 0.974. The van der Waals surface area contributed by atoms with E-state index in [-0.39, 0.29) is 12.5 Å². The Labute approximate surface area is 112 Å². The van der Waals surface area contributed by atoms with Crippen LogP contribution in [0.25, 0.3) is 0 Å². The van der Waals surface area contributed by atoms with Crippen molar-refractivity contribution in [2.45, 2.75) is 26.7 Å². The Morgan fingerprint density at radius 2 is 2.05 bits per heavy atom. The molecule has 0 aliphatic heterocycles. The molecule has 1 saturated carbocycles. The van der Waals surface area contributed by atoms with E-state index in [1.165, 1.54) is 4.90 Å². The molecular formula is C13H19N3O3. The quantitative estimate of drug-likeness (QED) is 0.861. The molecule has 19 heavy (non-hydrogen) atoms. The predicted molar refractivity (Wildman–Crippen MR) is 68.9 cm³/mol. The van der Waals surface area contributed by atoms with Crippen LogP contribution in [0.5, 0.6) is 0 Å². The van der Waals surface area contributed by atoms with Gasteiger partial charge >= 0.3 is 5.97 Å². The lowest BCUT2D eigenvalue weighted by atomic mass is 10.1. The highest BCUT2D eigenvalue weighted by molar-refractivity contribution is 5.97. The molecule has 1 aromatic heterocycles. The molecule has 1 aromatic rings. The van der Waals surface area contributed by atoms with Gasteiger partial charge in [0.25, 0.3) is 5.91 Å². The number of aromatic nitrogens is 2. The summed E-state index contributed by atoms with van der Waals surface area (Å²) in [6, 6.07) is 0. The van der Waals surface area contributed by atoms with Crippen LogP contribution in [0.2, 0.25) is 0 Å². The van der Waals surface area contributed by atoms with Crippen molar-refractivity contribution in [2.75, 3.05) is 13.1 Å². The zero-order valence-corrected chi connectivity index (χ0v) is 11.5. The third kappa shape index (κ3) is 2.94. The second kappa shape index (κ2) is 5.03. The van der Waals surface area contributed by atoms with Crippen LogP contribution in [0.15, 0.2) is 0 Å². The molecule has 104 valence electrons. The number of hydrogen-bond acceptors (Lipinski definition) is 3. The molecule has 0 spiro atoms. The van der Waals surface area contributed by atoms with Gasteiger partial charge in [0.1, 0.15) is 6.54 Å². The second-order valence-corrected chi connectivity index (χ2v) is 5.19. The lowest BCUT2D eigenvalue weighted by Gasteiger charge is -2.20. The largest absolute Gasteiger partial charge is 0.480 e. The number of carbonyl (C=O) groups excluding carboxylic acids is 1. The molecule has 1 N–H and O–H groups in total. The van der Waals surface area contributed by atoms with E-state index in [0.717, 1.165) is 18.5 Å². The van der Waals surface area contributed by atoms with Gasteiger partial charge in [-0.2, -0.15) is 5.10 Å². The molecular weight excluding hydrogens is 246 g/mol. The van der Waals surface area contributed by atoms with E-state index in [4.69, 9.17) is 5.11 Å². The van der Waals surface area contributed by atoms with Gasteiger partial charge in [0, 0.05) is 19.3 Å². The summed E-state index contributed by atoms with van der Waals surface area (Å²) in [5.74, 6) is -0.744. The topological polar surface area (TPSA) is 75.4 Å². The van der Waals surface area contributed by atoms with Crippen LogP contribution in [0, 0.1) is 19.8 Å². The molecule has 0 aromatic carbocycles. The van der Waals surface area contributed by atoms with Gasteiger partial charge in [0.05, 0.1) is 11.3 Å². The zero-order valence-electron chi connectivity index (χ0n) is 11.5. The summed E-state index contributed by atoms with van der Waals surface area (Å²) >= 11 is 0. The minimum atomic E-state index is -0.979. The first-order valence-electron chi connectivity index (χ1n) is 6.41. The van der Waals surface area contributed by atoms with Crippen LogP contribution in [-0.4, -0.2) is 44.8 Å². The van der Waals surface area contributed by atoms with Gasteiger partial charge in [-0.05, 0) is 32.6 Å². The smallest absolute Gasteiger partial charge is 0.323 e. The van der Waals surface area contributed by atoms with E-state index in [1.54, 1.807) is 18.7 Å². The number of nitrogens with zero attached hydrogens (tertiary/aromatic N) is 3. The van der Waals surface area contributed by atoms with E-state index in [9.17, 15) is 9.59 Å². The van der Waals surface area contributed by atoms with Gasteiger partial charge in [0.2, 0.25) is 0 Å². The maximum Gasteiger partial charge on any atom is 0.323 e. The van der Waals surface area contributed by atoms with Crippen molar-refractivity contribution in [3.63, 3.8) is 0 Å². The Kier molecular flexibility index (Phi) is 3.59. The lowest BCUT2D eigenvalue weighted by Crippen LogP contribution is -2.37. The molecule has 1 heterocycles. The highest BCUT2D eigenvalue weighted by Gasteiger charge is 2.30. The third-order valence-corrected chi connectivity index (χ3v) is 3.51. The Morgan fingerprint density at radius 3 is 2.47 bits per heavy atom. The fourth-order valence-corrected chi connectivity index (χ4v) is 2.24. The average Bonchev–Trinajstić information content (AvgIpc) is 3.06. The Bertz CT molecular complexity index is 517. The van der Waals surface area contributed by atoms with E-state index in [1.807, 2.05) is 6.92 Å². The molecule has 1 amide bonds. The minimum absolute atomic E-state index is 0.225.